The highest BCUT2D eigenvalue weighted by atomic mass is 16.5. The van der Waals surface area contributed by atoms with E-state index in [1.807, 2.05) is 0 Å². The van der Waals surface area contributed by atoms with Gasteiger partial charge in [0.1, 0.15) is 0 Å². The first-order valence-electron chi connectivity index (χ1n) is 7.77. The van der Waals surface area contributed by atoms with Crippen molar-refractivity contribution < 1.29 is 19.1 Å². The largest absolute Gasteiger partial charge is 0.465 e. The predicted octanol–water partition coefficient (Wildman–Crippen LogP) is 2.29. The Bertz CT molecular complexity index is 812. The van der Waals surface area contributed by atoms with Crippen molar-refractivity contribution in [2.45, 2.75) is 6.54 Å². The van der Waals surface area contributed by atoms with E-state index in [0.717, 1.165) is 11.1 Å². The lowest BCUT2D eigenvalue weighted by Crippen LogP contribution is -2.20. The molecule has 0 heterocycles. The Morgan fingerprint density at radius 3 is 2.27 bits per heavy atom. The normalized spacial score (nSPS) is 10.3. The molecule has 0 spiro atoms. The summed E-state index contributed by atoms with van der Waals surface area (Å²) in [6, 6.07) is 13.0. The van der Waals surface area contributed by atoms with E-state index in [2.05, 4.69) is 15.4 Å². The summed E-state index contributed by atoms with van der Waals surface area (Å²) < 4.78 is 4.63. The highest BCUT2D eigenvalue weighted by Crippen LogP contribution is 2.09. The molecule has 2 aromatic rings. The van der Waals surface area contributed by atoms with Gasteiger partial charge in [-0.15, -0.1) is 0 Å². The molecule has 0 fully saturated rings. The van der Waals surface area contributed by atoms with Crippen molar-refractivity contribution in [1.82, 2.24) is 5.32 Å². The summed E-state index contributed by atoms with van der Waals surface area (Å²) in [4.78, 5) is 34.0. The van der Waals surface area contributed by atoms with Crippen molar-refractivity contribution in [3.05, 3.63) is 71.3 Å². The SMILES string of the molecule is COC(=O)c1ccc(/C=C/C(=O)NCc2ccc(NC(N)=O)cc2)cc1. The van der Waals surface area contributed by atoms with Gasteiger partial charge in [-0.05, 0) is 41.5 Å². The third kappa shape index (κ3) is 5.79. The molecule has 0 radical (unpaired) electrons. The Balaban J connectivity index is 1.85. The monoisotopic (exact) mass is 353 g/mol. The Morgan fingerprint density at radius 2 is 1.69 bits per heavy atom. The number of carbonyl (C=O) groups excluding carboxylic acids is 3. The van der Waals surface area contributed by atoms with Crippen molar-refractivity contribution in [2.24, 2.45) is 5.73 Å². The number of primary amides is 1. The van der Waals surface area contributed by atoms with Gasteiger partial charge in [0.2, 0.25) is 5.91 Å². The standard InChI is InChI=1S/C19H19N3O4/c1-26-18(24)15-7-2-13(3-8-15)6-11-17(23)21-12-14-4-9-16(10-5-14)22-19(20)25/h2-11H,12H2,1H3,(H,21,23)(H3,20,22,25)/b11-6+. The Labute approximate surface area is 150 Å². The minimum atomic E-state index is -0.629. The van der Waals surface area contributed by atoms with E-state index in [9.17, 15) is 14.4 Å². The van der Waals surface area contributed by atoms with Gasteiger partial charge in [-0.3, -0.25) is 4.79 Å². The van der Waals surface area contributed by atoms with Crippen molar-refractivity contribution >= 4 is 29.7 Å². The first-order valence-corrected chi connectivity index (χ1v) is 7.77. The number of hydrogen-bond donors (Lipinski definition) is 3. The molecule has 2 rings (SSSR count). The number of esters is 1. The topological polar surface area (TPSA) is 111 Å². The smallest absolute Gasteiger partial charge is 0.337 e. The Hall–Kier alpha value is -3.61. The predicted molar refractivity (Wildman–Crippen MR) is 98.3 cm³/mol. The van der Waals surface area contributed by atoms with Crippen LogP contribution >= 0.6 is 0 Å². The highest BCUT2D eigenvalue weighted by molar-refractivity contribution is 5.92. The third-order valence-corrected chi connectivity index (χ3v) is 3.45. The Kier molecular flexibility index (Phi) is 6.50. The number of carbonyl (C=O) groups is 3. The number of nitrogens with two attached hydrogens (primary N) is 1. The first kappa shape index (κ1) is 18.7. The molecular formula is C19H19N3O4. The van der Waals surface area contributed by atoms with Crippen LogP contribution in [0.2, 0.25) is 0 Å². The second-order valence-corrected chi connectivity index (χ2v) is 5.35. The quantitative estimate of drug-likeness (QED) is 0.546. The van der Waals surface area contributed by atoms with Gasteiger partial charge in [0.05, 0.1) is 12.7 Å². The number of nitrogens with one attached hydrogen (secondary N) is 2. The van der Waals surface area contributed by atoms with Gasteiger partial charge in [0, 0.05) is 18.3 Å². The van der Waals surface area contributed by atoms with Crippen molar-refractivity contribution in [3.8, 4) is 0 Å². The molecule has 4 N–H and O–H groups in total. The fraction of sp³-hybridized carbons (Fsp3) is 0.105. The van der Waals surface area contributed by atoms with E-state index in [-0.39, 0.29) is 5.91 Å². The van der Waals surface area contributed by atoms with Crippen molar-refractivity contribution in [2.75, 3.05) is 12.4 Å². The summed E-state index contributed by atoms with van der Waals surface area (Å²) in [6.07, 6.45) is 3.06. The summed E-state index contributed by atoms with van der Waals surface area (Å²) in [5.74, 6) is -0.656. The first-order chi connectivity index (χ1) is 12.5. The maximum atomic E-state index is 11.9. The second-order valence-electron chi connectivity index (χ2n) is 5.35. The van der Waals surface area contributed by atoms with Crippen LogP contribution in [0.4, 0.5) is 10.5 Å². The summed E-state index contributed by atoms with van der Waals surface area (Å²) in [7, 11) is 1.32. The molecule has 7 heteroatoms. The maximum absolute atomic E-state index is 11.9. The summed E-state index contributed by atoms with van der Waals surface area (Å²) in [5.41, 5.74) is 7.73. The van der Waals surface area contributed by atoms with Crippen LogP contribution in [0.3, 0.4) is 0 Å². The number of methoxy groups -OCH3 is 1. The zero-order chi connectivity index (χ0) is 18.9. The molecule has 0 aliphatic heterocycles. The Morgan fingerprint density at radius 1 is 1.04 bits per heavy atom. The van der Waals surface area contributed by atoms with Crippen LogP contribution in [0.5, 0.6) is 0 Å². The number of rotatable bonds is 6. The lowest BCUT2D eigenvalue weighted by Gasteiger charge is -2.05. The van der Waals surface area contributed by atoms with E-state index in [1.165, 1.54) is 13.2 Å². The zero-order valence-corrected chi connectivity index (χ0v) is 14.2. The van der Waals surface area contributed by atoms with E-state index in [4.69, 9.17) is 5.73 Å². The molecule has 0 bridgehead atoms. The fourth-order valence-electron chi connectivity index (χ4n) is 2.12. The minimum absolute atomic E-state index is 0.249. The van der Waals surface area contributed by atoms with Gasteiger partial charge in [0.15, 0.2) is 0 Å². The van der Waals surface area contributed by atoms with E-state index >= 15 is 0 Å². The number of ether oxygens (including phenoxy) is 1. The van der Waals surface area contributed by atoms with E-state index in [1.54, 1.807) is 54.6 Å². The molecule has 26 heavy (non-hydrogen) atoms. The molecule has 7 nitrogen and oxygen atoms in total. The van der Waals surface area contributed by atoms with Gasteiger partial charge < -0.3 is 21.1 Å². The van der Waals surface area contributed by atoms with Crippen LogP contribution in [0.25, 0.3) is 6.08 Å². The van der Waals surface area contributed by atoms with E-state index in [0.29, 0.717) is 17.8 Å². The van der Waals surface area contributed by atoms with E-state index < -0.39 is 12.0 Å². The van der Waals surface area contributed by atoms with Crippen molar-refractivity contribution in [3.63, 3.8) is 0 Å². The van der Waals surface area contributed by atoms with Gasteiger partial charge in [-0.1, -0.05) is 24.3 Å². The van der Waals surface area contributed by atoms with Crippen molar-refractivity contribution in [1.29, 1.82) is 0 Å². The molecule has 0 saturated carbocycles. The zero-order valence-electron chi connectivity index (χ0n) is 14.2. The van der Waals surface area contributed by atoms with Gasteiger partial charge >= 0.3 is 12.0 Å². The van der Waals surface area contributed by atoms with Crippen LogP contribution in [-0.2, 0) is 16.1 Å². The summed E-state index contributed by atoms with van der Waals surface area (Å²) in [5, 5.41) is 5.22. The lowest BCUT2D eigenvalue weighted by molar-refractivity contribution is -0.116. The molecule has 2 aromatic carbocycles. The lowest BCUT2D eigenvalue weighted by atomic mass is 10.1. The maximum Gasteiger partial charge on any atom is 0.337 e. The second kappa shape index (κ2) is 9.03. The summed E-state index contributed by atoms with van der Waals surface area (Å²) >= 11 is 0. The molecule has 0 unspecified atom stereocenters. The highest BCUT2D eigenvalue weighted by Gasteiger charge is 2.03. The average Bonchev–Trinajstić information content (AvgIpc) is 2.65. The van der Waals surface area contributed by atoms with Crippen LogP contribution in [0, 0.1) is 0 Å². The number of benzene rings is 2. The number of anilines is 1. The summed E-state index contributed by atoms with van der Waals surface area (Å²) in [6.45, 7) is 0.349. The van der Waals surface area contributed by atoms with Crippen LogP contribution < -0.4 is 16.4 Å². The number of hydrogen-bond acceptors (Lipinski definition) is 4. The van der Waals surface area contributed by atoms with Gasteiger partial charge in [-0.25, -0.2) is 9.59 Å². The third-order valence-electron chi connectivity index (χ3n) is 3.45. The number of amides is 3. The van der Waals surface area contributed by atoms with Gasteiger partial charge in [0.25, 0.3) is 0 Å². The van der Waals surface area contributed by atoms with Crippen LogP contribution in [0.1, 0.15) is 21.5 Å². The molecule has 0 aliphatic rings. The van der Waals surface area contributed by atoms with Gasteiger partial charge in [-0.2, -0.15) is 0 Å². The number of urea groups is 1. The van der Waals surface area contributed by atoms with Crippen LogP contribution in [-0.4, -0.2) is 25.0 Å². The molecule has 134 valence electrons. The molecule has 0 aliphatic carbocycles. The van der Waals surface area contributed by atoms with Crippen LogP contribution in [0.15, 0.2) is 54.6 Å². The molecule has 0 atom stereocenters. The minimum Gasteiger partial charge on any atom is -0.465 e. The molecule has 3 amide bonds. The molecule has 0 saturated heterocycles. The fourth-order valence-corrected chi connectivity index (χ4v) is 2.12. The molecular weight excluding hydrogens is 334 g/mol. The molecule has 0 aromatic heterocycles. The average molecular weight is 353 g/mol.